The van der Waals surface area contributed by atoms with Crippen LogP contribution < -0.4 is 0 Å². The molecule has 0 unspecified atom stereocenters. The first kappa shape index (κ1) is 12.7. The lowest BCUT2D eigenvalue weighted by molar-refractivity contribution is -0.133. The van der Waals surface area contributed by atoms with Gasteiger partial charge in [0, 0.05) is 5.39 Å². The number of furan rings is 1. The zero-order valence-corrected chi connectivity index (χ0v) is 11.1. The second-order valence-electron chi connectivity index (χ2n) is 4.04. The lowest BCUT2D eigenvalue weighted by Gasteiger charge is -1.91. The molecule has 0 aliphatic rings. The summed E-state index contributed by atoms with van der Waals surface area (Å²) < 4.78 is 10.5. The molecule has 0 aliphatic heterocycles. The lowest BCUT2D eigenvalue weighted by Crippen LogP contribution is -1.98. The van der Waals surface area contributed by atoms with E-state index in [0.717, 1.165) is 16.5 Å². The molecule has 102 valence electrons. The van der Waals surface area contributed by atoms with Gasteiger partial charge in [-0.15, -0.1) is 11.8 Å². The summed E-state index contributed by atoms with van der Waals surface area (Å²) in [5, 5.41) is 13.4. The minimum atomic E-state index is -0.865. The number of fused-ring (bicyclic) bond motifs is 1. The van der Waals surface area contributed by atoms with Crippen molar-refractivity contribution in [3.8, 4) is 11.4 Å². The minimum absolute atomic E-state index is 0.00630. The van der Waals surface area contributed by atoms with Gasteiger partial charge in [-0.2, -0.15) is 4.98 Å². The van der Waals surface area contributed by atoms with Crippen LogP contribution in [0.15, 0.2) is 39.5 Å². The third kappa shape index (κ3) is 2.53. The summed E-state index contributed by atoms with van der Waals surface area (Å²) in [5.41, 5.74) is 1.52. The molecule has 0 fully saturated rings. The first-order valence-electron chi connectivity index (χ1n) is 5.83. The predicted molar refractivity (Wildman–Crippen MR) is 73.3 cm³/mol. The van der Waals surface area contributed by atoms with E-state index < -0.39 is 5.97 Å². The second kappa shape index (κ2) is 5.38. The third-order valence-electron chi connectivity index (χ3n) is 2.64. The number of carbonyl (C=O) groups is 1. The second-order valence-corrected chi connectivity index (χ2v) is 5.03. The van der Waals surface area contributed by atoms with Crippen LogP contribution in [0.5, 0.6) is 0 Å². The number of nitrogens with zero attached hydrogens (tertiary/aromatic N) is 2. The van der Waals surface area contributed by atoms with Crippen molar-refractivity contribution in [2.24, 2.45) is 0 Å². The number of thioether (sulfide) groups is 1. The number of hydrogen-bond acceptors (Lipinski definition) is 6. The molecule has 6 nitrogen and oxygen atoms in total. The Hall–Kier alpha value is -2.28. The molecule has 7 heteroatoms. The van der Waals surface area contributed by atoms with Crippen molar-refractivity contribution in [3.05, 3.63) is 36.4 Å². The van der Waals surface area contributed by atoms with E-state index in [2.05, 4.69) is 10.1 Å². The highest BCUT2D eigenvalue weighted by molar-refractivity contribution is 7.99. The van der Waals surface area contributed by atoms with Crippen LogP contribution in [0.3, 0.4) is 0 Å². The van der Waals surface area contributed by atoms with Gasteiger partial charge < -0.3 is 14.0 Å². The highest BCUT2D eigenvalue weighted by atomic mass is 32.2. The first-order valence-corrected chi connectivity index (χ1v) is 6.98. The van der Waals surface area contributed by atoms with Crippen LogP contribution in [-0.4, -0.2) is 27.0 Å². The van der Waals surface area contributed by atoms with Gasteiger partial charge in [-0.05, 0) is 6.07 Å². The van der Waals surface area contributed by atoms with Gasteiger partial charge in [-0.25, -0.2) is 0 Å². The molecular weight excluding hydrogens is 280 g/mol. The normalized spacial score (nSPS) is 11.0. The summed E-state index contributed by atoms with van der Waals surface area (Å²) in [6, 6.07) is 7.58. The van der Waals surface area contributed by atoms with Gasteiger partial charge in [-0.1, -0.05) is 23.4 Å². The summed E-state index contributed by atoms with van der Waals surface area (Å²) >= 11 is 1.21. The van der Waals surface area contributed by atoms with Gasteiger partial charge in [0.25, 0.3) is 0 Å². The van der Waals surface area contributed by atoms with Gasteiger partial charge in [0.2, 0.25) is 11.7 Å². The van der Waals surface area contributed by atoms with Gasteiger partial charge in [-0.3, -0.25) is 4.79 Å². The predicted octanol–water partition coefficient (Wildman–Crippen LogP) is 2.80. The summed E-state index contributed by atoms with van der Waals surface area (Å²) in [6.07, 6.45) is 1.59. The van der Waals surface area contributed by atoms with E-state index in [1.54, 1.807) is 6.26 Å². The number of para-hydroxylation sites is 1. The Bertz CT molecular complexity index is 750. The Morgan fingerprint density at radius 3 is 3.05 bits per heavy atom. The minimum Gasteiger partial charge on any atom is -0.481 e. The smallest absolute Gasteiger partial charge is 0.313 e. The van der Waals surface area contributed by atoms with E-state index in [9.17, 15) is 4.79 Å². The van der Waals surface area contributed by atoms with E-state index in [0.29, 0.717) is 17.5 Å². The Balaban J connectivity index is 1.81. The number of hydrogen-bond donors (Lipinski definition) is 1. The third-order valence-corrected chi connectivity index (χ3v) is 3.54. The van der Waals surface area contributed by atoms with Crippen LogP contribution in [0, 0.1) is 0 Å². The molecule has 3 rings (SSSR count). The first-order chi connectivity index (χ1) is 9.74. The largest absolute Gasteiger partial charge is 0.481 e. The Morgan fingerprint density at radius 2 is 2.20 bits per heavy atom. The average Bonchev–Trinajstić information content (AvgIpc) is 3.04. The quantitative estimate of drug-likeness (QED) is 0.772. The summed E-state index contributed by atoms with van der Waals surface area (Å²) in [6.45, 7) is 0. The van der Waals surface area contributed by atoms with Crippen LogP contribution >= 0.6 is 11.8 Å². The molecule has 0 amide bonds. The molecule has 0 spiro atoms. The number of carboxylic acid groups (broad SMARTS) is 1. The molecular formula is C13H10N2O4S. The molecule has 0 aliphatic carbocycles. The molecule has 0 saturated heterocycles. The standard InChI is InChI=1S/C13H10N2O4S/c16-12(17)7-20-6-11-14-13(15-19-11)9-5-18-10-4-2-1-3-8(9)10/h1-5H,6-7H2,(H,16,17). The molecule has 3 aromatic rings. The molecule has 1 aromatic carbocycles. The van der Waals surface area contributed by atoms with Crippen molar-refractivity contribution in [3.63, 3.8) is 0 Å². The molecule has 1 N–H and O–H groups in total. The van der Waals surface area contributed by atoms with E-state index in [1.165, 1.54) is 11.8 Å². The number of aromatic nitrogens is 2. The molecule has 0 bridgehead atoms. The highest BCUT2D eigenvalue weighted by Crippen LogP contribution is 2.28. The number of benzene rings is 1. The van der Waals surface area contributed by atoms with Crippen molar-refractivity contribution in [2.45, 2.75) is 5.75 Å². The van der Waals surface area contributed by atoms with Crippen molar-refractivity contribution < 1.29 is 18.8 Å². The molecule has 0 saturated carbocycles. The molecule has 0 radical (unpaired) electrons. The van der Waals surface area contributed by atoms with Gasteiger partial charge in [0.1, 0.15) is 11.8 Å². The van der Waals surface area contributed by atoms with E-state index in [1.807, 2.05) is 24.3 Å². The summed E-state index contributed by atoms with van der Waals surface area (Å²) in [7, 11) is 0. The molecule has 2 heterocycles. The van der Waals surface area contributed by atoms with Crippen LogP contribution in [0.4, 0.5) is 0 Å². The van der Waals surface area contributed by atoms with E-state index in [4.69, 9.17) is 14.0 Å². The molecule has 2 aromatic heterocycles. The van der Waals surface area contributed by atoms with Gasteiger partial charge in [0.05, 0.1) is 17.1 Å². The zero-order valence-electron chi connectivity index (χ0n) is 10.3. The Morgan fingerprint density at radius 1 is 1.35 bits per heavy atom. The van der Waals surface area contributed by atoms with E-state index in [-0.39, 0.29) is 5.75 Å². The lowest BCUT2D eigenvalue weighted by atomic mass is 10.2. The monoisotopic (exact) mass is 290 g/mol. The molecule has 20 heavy (non-hydrogen) atoms. The van der Waals surface area contributed by atoms with Crippen LogP contribution in [0.1, 0.15) is 5.89 Å². The van der Waals surface area contributed by atoms with Crippen LogP contribution in [0.2, 0.25) is 0 Å². The molecule has 0 atom stereocenters. The topological polar surface area (TPSA) is 89.4 Å². The van der Waals surface area contributed by atoms with Crippen LogP contribution in [0.25, 0.3) is 22.4 Å². The highest BCUT2D eigenvalue weighted by Gasteiger charge is 2.14. The fourth-order valence-corrected chi connectivity index (χ4v) is 2.37. The van der Waals surface area contributed by atoms with Crippen molar-refractivity contribution >= 4 is 28.7 Å². The number of rotatable bonds is 5. The van der Waals surface area contributed by atoms with Crippen molar-refractivity contribution in [2.75, 3.05) is 5.75 Å². The van der Waals surface area contributed by atoms with Crippen molar-refractivity contribution in [1.82, 2.24) is 10.1 Å². The maximum absolute atomic E-state index is 10.4. The summed E-state index contributed by atoms with van der Waals surface area (Å²) in [4.78, 5) is 14.7. The fraction of sp³-hybridized carbons (Fsp3) is 0.154. The van der Waals surface area contributed by atoms with E-state index >= 15 is 0 Å². The van der Waals surface area contributed by atoms with Crippen LogP contribution in [-0.2, 0) is 10.5 Å². The maximum Gasteiger partial charge on any atom is 0.313 e. The zero-order chi connectivity index (χ0) is 13.9. The van der Waals surface area contributed by atoms with Gasteiger partial charge >= 0.3 is 5.97 Å². The SMILES string of the molecule is O=C(O)CSCc1nc(-c2coc3ccccc23)no1. The Labute approximate surface area is 117 Å². The Kier molecular flexibility index (Phi) is 3.42. The fourth-order valence-electron chi connectivity index (χ4n) is 1.80. The number of carboxylic acids is 1. The maximum atomic E-state index is 10.4. The summed E-state index contributed by atoms with van der Waals surface area (Å²) in [5.74, 6) is 0.356. The average molecular weight is 290 g/mol. The number of aliphatic carboxylic acids is 1. The van der Waals surface area contributed by atoms with Gasteiger partial charge in [0.15, 0.2) is 0 Å². The van der Waals surface area contributed by atoms with Crippen molar-refractivity contribution in [1.29, 1.82) is 0 Å².